The van der Waals surface area contributed by atoms with Crippen LogP contribution in [-0.4, -0.2) is 18.9 Å². The second kappa shape index (κ2) is 5.83. The van der Waals surface area contributed by atoms with Crippen LogP contribution in [0.15, 0.2) is 28.7 Å². The van der Waals surface area contributed by atoms with Crippen LogP contribution in [0.25, 0.3) is 0 Å². The Hall–Kier alpha value is -2.56. The number of rotatable bonds is 3. The molecule has 0 unspecified atom stereocenters. The Labute approximate surface area is 123 Å². The van der Waals surface area contributed by atoms with Gasteiger partial charge in [0.25, 0.3) is 11.8 Å². The summed E-state index contributed by atoms with van der Waals surface area (Å²) in [6.45, 7) is 5.34. The highest BCUT2D eigenvalue weighted by atomic mass is 16.3. The monoisotopic (exact) mass is 286 g/mol. The lowest BCUT2D eigenvalue weighted by atomic mass is 10.1. The molecule has 2 N–H and O–H groups in total. The van der Waals surface area contributed by atoms with Crippen molar-refractivity contribution in [3.05, 3.63) is 52.5 Å². The van der Waals surface area contributed by atoms with E-state index >= 15 is 0 Å². The van der Waals surface area contributed by atoms with Gasteiger partial charge in [0.05, 0.1) is 5.56 Å². The highest BCUT2D eigenvalue weighted by molar-refractivity contribution is 6.06. The average molecular weight is 286 g/mol. The van der Waals surface area contributed by atoms with Gasteiger partial charge in [0, 0.05) is 18.3 Å². The fraction of sp³-hybridized carbons (Fsp3) is 0.250. The van der Waals surface area contributed by atoms with E-state index in [1.807, 2.05) is 0 Å². The first-order chi connectivity index (χ1) is 9.93. The fourth-order valence-electron chi connectivity index (χ4n) is 2.20. The normalized spacial score (nSPS) is 10.3. The van der Waals surface area contributed by atoms with E-state index in [1.54, 1.807) is 52.1 Å². The van der Waals surface area contributed by atoms with Gasteiger partial charge in [0.15, 0.2) is 0 Å². The van der Waals surface area contributed by atoms with E-state index in [4.69, 9.17) is 4.42 Å². The molecule has 2 aromatic rings. The van der Waals surface area contributed by atoms with Crippen molar-refractivity contribution in [3.63, 3.8) is 0 Å². The molecule has 5 heteroatoms. The van der Waals surface area contributed by atoms with E-state index in [0.717, 1.165) is 5.56 Å². The number of carbonyl (C=O) groups excluding carboxylic acids is 2. The molecule has 110 valence electrons. The molecule has 0 aliphatic rings. The SMILES string of the molecule is CNC(=O)c1cccc(NC(=O)c2cc(C)oc2C)c1C. The average Bonchev–Trinajstić information content (AvgIpc) is 2.79. The van der Waals surface area contributed by atoms with Crippen molar-refractivity contribution in [1.82, 2.24) is 5.32 Å². The van der Waals surface area contributed by atoms with Crippen LogP contribution in [0.3, 0.4) is 0 Å². The number of benzene rings is 1. The largest absolute Gasteiger partial charge is 0.466 e. The van der Waals surface area contributed by atoms with Crippen molar-refractivity contribution < 1.29 is 14.0 Å². The summed E-state index contributed by atoms with van der Waals surface area (Å²) in [5.74, 6) is 0.832. The van der Waals surface area contributed by atoms with E-state index in [9.17, 15) is 9.59 Å². The number of furan rings is 1. The molecule has 0 atom stereocenters. The van der Waals surface area contributed by atoms with Gasteiger partial charge in [-0.25, -0.2) is 0 Å². The molecule has 0 saturated carbocycles. The molecule has 0 spiro atoms. The van der Waals surface area contributed by atoms with E-state index in [0.29, 0.717) is 28.3 Å². The number of hydrogen-bond donors (Lipinski definition) is 2. The van der Waals surface area contributed by atoms with E-state index in [2.05, 4.69) is 10.6 Å². The Bertz CT molecular complexity index is 702. The number of amides is 2. The van der Waals surface area contributed by atoms with Gasteiger partial charge in [-0.15, -0.1) is 0 Å². The third kappa shape index (κ3) is 2.97. The van der Waals surface area contributed by atoms with Crippen LogP contribution in [0.1, 0.15) is 37.8 Å². The lowest BCUT2D eigenvalue weighted by Gasteiger charge is -2.11. The minimum Gasteiger partial charge on any atom is -0.466 e. The summed E-state index contributed by atoms with van der Waals surface area (Å²) in [5.41, 5.74) is 2.37. The van der Waals surface area contributed by atoms with Crippen molar-refractivity contribution in [2.75, 3.05) is 12.4 Å². The Morgan fingerprint density at radius 1 is 1.05 bits per heavy atom. The quantitative estimate of drug-likeness (QED) is 0.911. The summed E-state index contributed by atoms with van der Waals surface area (Å²) >= 11 is 0. The predicted molar refractivity (Wildman–Crippen MR) is 80.7 cm³/mol. The molecule has 1 aromatic heterocycles. The first-order valence-corrected chi connectivity index (χ1v) is 6.64. The summed E-state index contributed by atoms with van der Waals surface area (Å²) < 4.78 is 5.36. The summed E-state index contributed by atoms with van der Waals surface area (Å²) in [7, 11) is 1.57. The molecule has 0 radical (unpaired) electrons. The highest BCUT2D eigenvalue weighted by Gasteiger charge is 2.16. The summed E-state index contributed by atoms with van der Waals surface area (Å²) in [6.07, 6.45) is 0. The first kappa shape index (κ1) is 14.8. The molecule has 1 heterocycles. The van der Waals surface area contributed by atoms with Crippen molar-refractivity contribution in [2.45, 2.75) is 20.8 Å². The van der Waals surface area contributed by atoms with E-state index in [-0.39, 0.29) is 11.8 Å². The molecule has 0 saturated heterocycles. The van der Waals surface area contributed by atoms with Crippen molar-refractivity contribution in [3.8, 4) is 0 Å². The second-order valence-electron chi connectivity index (χ2n) is 4.84. The van der Waals surface area contributed by atoms with Gasteiger partial charge < -0.3 is 15.1 Å². The van der Waals surface area contributed by atoms with Crippen molar-refractivity contribution in [1.29, 1.82) is 0 Å². The lowest BCUT2D eigenvalue weighted by Crippen LogP contribution is -2.20. The maximum Gasteiger partial charge on any atom is 0.259 e. The zero-order chi connectivity index (χ0) is 15.6. The fourth-order valence-corrected chi connectivity index (χ4v) is 2.20. The topological polar surface area (TPSA) is 71.3 Å². The second-order valence-corrected chi connectivity index (χ2v) is 4.84. The Morgan fingerprint density at radius 2 is 1.76 bits per heavy atom. The number of anilines is 1. The van der Waals surface area contributed by atoms with Crippen LogP contribution in [0.2, 0.25) is 0 Å². The number of carbonyl (C=O) groups is 2. The van der Waals surface area contributed by atoms with Gasteiger partial charge >= 0.3 is 0 Å². The minimum absolute atomic E-state index is 0.182. The molecule has 0 aliphatic carbocycles. The molecule has 0 aliphatic heterocycles. The highest BCUT2D eigenvalue weighted by Crippen LogP contribution is 2.21. The molecule has 21 heavy (non-hydrogen) atoms. The van der Waals surface area contributed by atoms with E-state index in [1.165, 1.54) is 0 Å². The maximum absolute atomic E-state index is 12.3. The van der Waals surface area contributed by atoms with Crippen LogP contribution in [0.5, 0.6) is 0 Å². The zero-order valence-corrected chi connectivity index (χ0v) is 12.5. The predicted octanol–water partition coefficient (Wildman–Crippen LogP) is 2.82. The maximum atomic E-state index is 12.3. The molecular formula is C16H18N2O3. The van der Waals surface area contributed by atoms with Crippen LogP contribution in [0.4, 0.5) is 5.69 Å². The van der Waals surface area contributed by atoms with Crippen LogP contribution in [0, 0.1) is 20.8 Å². The van der Waals surface area contributed by atoms with Gasteiger partial charge in [-0.05, 0) is 44.5 Å². The van der Waals surface area contributed by atoms with Gasteiger partial charge in [0.2, 0.25) is 0 Å². The third-order valence-electron chi connectivity index (χ3n) is 3.34. The number of hydrogen-bond acceptors (Lipinski definition) is 3. The van der Waals surface area contributed by atoms with Crippen LogP contribution < -0.4 is 10.6 Å². The van der Waals surface area contributed by atoms with Crippen LogP contribution in [-0.2, 0) is 0 Å². The standard InChI is InChI=1S/C16H18N2O3/c1-9-8-13(11(3)21-9)16(20)18-14-7-5-6-12(10(14)2)15(19)17-4/h5-8H,1-4H3,(H,17,19)(H,18,20). The zero-order valence-electron chi connectivity index (χ0n) is 12.5. The molecule has 0 fully saturated rings. The van der Waals surface area contributed by atoms with Gasteiger partial charge in [0.1, 0.15) is 11.5 Å². The third-order valence-corrected chi connectivity index (χ3v) is 3.34. The Balaban J connectivity index is 2.30. The first-order valence-electron chi connectivity index (χ1n) is 6.64. The molecule has 5 nitrogen and oxygen atoms in total. The summed E-state index contributed by atoms with van der Waals surface area (Å²) in [6, 6.07) is 6.92. The molecule has 1 aromatic carbocycles. The van der Waals surface area contributed by atoms with Gasteiger partial charge in [-0.3, -0.25) is 9.59 Å². The molecular weight excluding hydrogens is 268 g/mol. The number of aryl methyl sites for hydroxylation is 2. The summed E-state index contributed by atoms with van der Waals surface area (Å²) in [5, 5.41) is 5.40. The van der Waals surface area contributed by atoms with Crippen molar-refractivity contribution in [2.24, 2.45) is 0 Å². The van der Waals surface area contributed by atoms with Gasteiger partial charge in [-0.1, -0.05) is 6.07 Å². The smallest absolute Gasteiger partial charge is 0.259 e. The lowest BCUT2D eigenvalue weighted by molar-refractivity contribution is 0.0960. The Kier molecular flexibility index (Phi) is 4.12. The van der Waals surface area contributed by atoms with Crippen molar-refractivity contribution >= 4 is 17.5 Å². The molecule has 0 bridgehead atoms. The van der Waals surface area contributed by atoms with E-state index < -0.39 is 0 Å². The Morgan fingerprint density at radius 3 is 2.33 bits per heavy atom. The minimum atomic E-state index is -0.249. The summed E-state index contributed by atoms with van der Waals surface area (Å²) in [4.78, 5) is 24.0. The number of nitrogens with one attached hydrogen (secondary N) is 2. The molecule has 2 amide bonds. The van der Waals surface area contributed by atoms with Crippen LogP contribution >= 0.6 is 0 Å². The molecule has 2 rings (SSSR count). The van der Waals surface area contributed by atoms with Gasteiger partial charge in [-0.2, -0.15) is 0 Å².